The second kappa shape index (κ2) is 10.7. The molecule has 3 aromatic carbocycles. The lowest BCUT2D eigenvalue weighted by molar-refractivity contribution is 0.280. The van der Waals surface area contributed by atoms with Crippen molar-refractivity contribution in [1.82, 2.24) is 5.32 Å². The highest BCUT2D eigenvalue weighted by molar-refractivity contribution is 9.10. The van der Waals surface area contributed by atoms with Gasteiger partial charge in [0.15, 0.2) is 11.5 Å². The Labute approximate surface area is 189 Å². The van der Waals surface area contributed by atoms with E-state index in [9.17, 15) is 4.39 Å². The normalized spacial score (nSPS) is 10.7. The molecule has 158 valence electrons. The van der Waals surface area contributed by atoms with Crippen LogP contribution >= 0.6 is 27.5 Å². The van der Waals surface area contributed by atoms with Gasteiger partial charge in [-0.1, -0.05) is 51.8 Å². The van der Waals surface area contributed by atoms with E-state index in [1.54, 1.807) is 20.3 Å². The van der Waals surface area contributed by atoms with Gasteiger partial charge in [-0.05, 0) is 30.3 Å². The van der Waals surface area contributed by atoms with Crippen LogP contribution in [-0.2, 0) is 19.7 Å². The minimum absolute atomic E-state index is 0.186. The zero-order valence-electron chi connectivity index (χ0n) is 16.7. The Hall–Kier alpha value is -2.28. The molecule has 0 saturated carbocycles. The van der Waals surface area contributed by atoms with Gasteiger partial charge in [-0.2, -0.15) is 0 Å². The van der Waals surface area contributed by atoms with Crippen molar-refractivity contribution in [2.75, 3.05) is 14.2 Å². The van der Waals surface area contributed by atoms with Gasteiger partial charge in [0.25, 0.3) is 0 Å². The van der Waals surface area contributed by atoms with Crippen molar-refractivity contribution < 1.29 is 18.6 Å². The molecule has 0 radical (unpaired) electrons. The summed E-state index contributed by atoms with van der Waals surface area (Å²) in [4.78, 5) is 0. The number of hydrogen-bond acceptors (Lipinski definition) is 4. The quantitative estimate of drug-likeness (QED) is 0.389. The molecular weight excluding hydrogens is 473 g/mol. The van der Waals surface area contributed by atoms with E-state index >= 15 is 0 Å². The predicted octanol–water partition coefficient (Wildman–Crippen LogP) is 6.13. The van der Waals surface area contributed by atoms with E-state index in [0.717, 1.165) is 21.3 Å². The summed E-state index contributed by atoms with van der Waals surface area (Å²) in [5, 5.41) is 3.74. The number of para-hydroxylation sites is 1. The van der Waals surface area contributed by atoms with Crippen LogP contribution in [0.3, 0.4) is 0 Å². The van der Waals surface area contributed by atoms with E-state index in [0.29, 0.717) is 35.2 Å². The van der Waals surface area contributed by atoms with Crippen LogP contribution in [0.1, 0.15) is 16.7 Å². The highest BCUT2D eigenvalue weighted by atomic mass is 79.9. The summed E-state index contributed by atoms with van der Waals surface area (Å²) in [5.41, 5.74) is 2.65. The molecule has 0 aliphatic carbocycles. The van der Waals surface area contributed by atoms with Crippen molar-refractivity contribution in [1.29, 1.82) is 0 Å². The maximum atomic E-state index is 13.3. The SMILES string of the molecule is COc1ccccc1CNCc1c(Br)ccc(OC)c1OCc1ccc(F)cc1Cl. The largest absolute Gasteiger partial charge is 0.496 e. The van der Waals surface area contributed by atoms with Crippen molar-refractivity contribution in [3.63, 3.8) is 0 Å². The molecule has 3 aromatic rings. The van der Waals surface area contributed by atoms with Crippen LogP contribution in [0.2, 0.25) is 5.02 Å². The average Bonchev–Trinajstić information content (AvgIpc) is 2.75. The van der Waals surface area contributed by atoms with Gasteiger partial charge in [0.2, 0.25) is 0 Å². The van der Waals surface area contributed by atoms with Crippen LogP contribution in [0.25, 0.3) is 0 Å². The van der Waals surface area contributed by atoms with E-state index < -0.39 is 0 Å². The van der Waals surface area contributed by atoms with Crippen molar-refractivity contribution >= 4 is 27.5 Å². The minimum atomic E-state index is -0.384. The van der Waals surface area contributed by atoms with Gasteiger partial charge >= 0.3 is 0 Å². The molecule has 3 rings (SSSR count). The van der Waals surface area contributed by atoms with Gasteiger partial charge < -0.3 is 19.5 Å². The second-order valence-electron chi connectivity index (χ2n) is 6.50. The number of hydrogen-bond donors (Lipinski definition) is 1. The molecule has 7 heteroatoms. The van der Waals surface area contributed by atoms with Gasteiger partial charge in [-0.25, -0.2) is 4.39 Å². The van der Waals surface area contributed by atoms with Crippen LogP contribution < -0.4 is 19.5 Å². The molecule has 0 bridgehead atoms. The summed E-state index contributed by atoms with van der Waals surface area (Å²) in [6.45, 7) is 1.34. The molecule has 0 spiro atoms. The molecule has 30 heavy (non-hydrogen) atoms. The summed E-state index contributed by atoms with van der Waals surface area (Å²) in [5.74, 6) is 1.65. The fourth-order valence-electron chi connectivity index (χ4n) is 3.03. The van der Waals surface area contributed by atoms with Crippen LogP contribution in [0.5, 0.6) is 17.2 Å². The molecule has 0 fully saturated rings. The first-order chi connectivity index (χ1) is 14.5. The van der Waals surface area contributed by atoms with Gasteiger partial charge in [0.05, 0.1) is 19.2 Å². The Morgan fingerprint density at radius 3 is 2.43 bits per heavy atom. The standard InChI is InChI=1S/C23H22BrClFNO3/c1-28-21-6-4-3-5-15(21)12-27-13-18-19(24)9-10-22(29-2)23(18)30-14-16-7-8-17(26)11-20(16)25/h3-11,27H,12-14H2,1-2H3. The van der Waals surface area contributed by atoms with Crippen LogP contribution in [0.4, 0.5) is 4.39 Å². The number of ether oxygens (including phenoxy) is 3. The third-order valence-electron chi connectivity index (χ3n) is 4.58. The van der Waals surface area contributed by atoms with E-state index in [-0.39, 0.29) is 12.4 Å². The molecule has 0 amide bonds. The molecule has 0 atom stereocenters. The Morgan fingerprint density at radius 1 is 0.933 bits per heavy atom. The Bertz CT molecular complexity index is 1020. The fourth-order valence-corrected chi connectivity index (χ4v) is 3.70. The summed E-state index contributed by atoms with van der Waals surface area (Å²) in [6.07, 6.45) is 0. The molecule has 0 aromatic heterocycles. The van der Waals surface area contributed by atoms with Crippen molar-refractivity contribution in [3.05, 3.63) is 86.6 Å². The van der Waals surface area contributed by atoms with Crippen molar-refractivity contribution in [2.45, 2.75) is 19.7 Å². The molecule has 0 saturated heterocycles. The Morgan fingerprint density at radius 2 is 1.70 bits per heavy atom. The van der Waals surface area contributed by atoms with Crippen LogP contribution in [0, 0.1) is 5.82 Å². The highest BCUT2D eigenvalue weighted by Crippen LogP contribution is 2.37. The third-order valence-corrected chi connectivity index (χ3v) is 5.68. The summed E-state index contributed by atoms with van der Waals surface area (Å²) in [7, 11) is 3.25. The van der Waals surface area contributed by atoms with Gasteiger partial charge in [0.1, 0.15) is 18.2 Å². The molecule has 0 unspecified atom stereocenters. The molecule has 4 nitrogen and oxygen atoms in total. The second-order valence-corrected chi connectivity index (χ2v) is 7.76. The first kappa shape index (κ1) is 22.4. The number of methoxy groups -OCH3 is 2. The molecule has 0 aliphatic heterocycles. The number of nitrogens with one attached hydrogen (secondary N) is 1. The predicted molar refractivity (Wildman–Crippen MR) is 120 cm³/mol. The molecular formula is C23H22BrClFNO3. The lowest BCUT2D eigenvalue weighted by Gasteiger charge is -2.18. The Balaban J connectivity index is 1.78. The minimum Gasteiger partial charge on any atom is -0.496 e. The lowest BCUT2D eigenvalue weighted by Crippen LogP contribution is -2.15. The Kier molecular flexibility index (Phi) is 7.96. The number of halogens is 3. The smallest absolute Gasteiger partial charge is 0.167 e. The van der Waals surface area contributed by atoms with E-state index in [1.165, 1.54) is 12.1 Å². The molecule has 0 aliphatic rings. The van der Waals surface area contributed by atoms with E-state index in [4.69, 9.17) is 25.8 Å². The van der Waals surface area contributed by atoms with Crippen LogP contribution in [-0.4, -0.2) is 14.2 Å². The maximum Gasteiger partial charge on any atom is 0.167 e. The monoisotopic (exact) mass is 493 g/mol. The maximum absolute atomic E-state index is 13.3. The highest BCUT2D eigenvalue weighted by Gasteiger charge is 2.16. The zero-order valence-corrected chi connectivity index (χ0v) is 19.0. The average molecular weight is 495 g/mol. The van der Waals surface area contributed by atoms with Crippen molar-refractivity contribution in [2.24, 2.45) is 0 Å². The van der Waals surface area contributed by atoms with E-state index in [2.05, 4.69) is 21.2 Å². The van der Waals surface area contributed by atoms with Gasteiger partial charge in [-0.15, -0.1) is 0 Å². The third kappa shape index (κ3) is 5.45. The molecule has 1 N–H and O–H groups in total. The summed E-state index contributed by atoms with van der Waals surface area (Å²) >= 11 is 9.74. The van der Waals surface area contributed by atoms with Crippen LogP contribution in [0.15, 0.2) is 59.1 Å². The van der Waals surface area contributed by atoms with E-state index in [1.807, 2.05) is 36.4 Å². The zero-order chi connectivity index (χ0) is 21.5. The first-order valence-electron chi connectivity index (χ1n) is 9.28. The topological polar surface area (TPSA) is 39.7 Å². The first-order valence-corrected chi connectivity index (χ1v) is 10.4. The lowest BCUT2D eigenvalue weighted by atomic mass is 10.1. The summed E-state index contributed by atoms with van der Waals surface area (Å²) in [6, 6.07) is 15.8. The van der Waals surface area contributed by atoms with Crippen molar-refractivity contribution in [3.8, 4) is 17.2 Å². The van der Waals surface area contributed by atoms with Gasteiger partial charge in [-0.3, -0.25) is 0 Å². The number of rotatable bonds is 9. The van der Waals surface area contributed by atoms with Gasteiger partial charge in [0, 0.05) is 34.3 Å². The number of benzene rings is 3. The molecule has 0 heterocycles. The summed E-state index contributed by atoms with van der Waals surface area (Å²) < 4.78 is 31.2. The fraction of sp³-hybridized carbons (Fsp3) is 0.217.